The highest BCUT2D eigenvalue weighted by Crippen LogP contribution is 2.25. The van der Waals surface area contributed by atoms with Crippen LogP contribution in [-0.2, 0) is 4.79 Å². The molecule has 0 fully saturated rings. The normalized spacial score (nSPS) is 11.9. The number of aromatic nitrogens is 4. The number of benzene rings is 1. The molecular weight excluding hydrogens is 296 g/mol. The van der Waals surface area contributed by atoms with Crippen molar-refractivity contribution in [1.82, 2.24) is 19.5 Å². The molecular formula is C16H16N4O3. The van der Waals surface area contributed by atoms with Gasteiger partial charge in [-0.1, -0.05) is 12.1 Å². The minimum Gasteiger partial charge on any atom is -0.497 e. The van der Waals surface area contributed by atoms with Gasteiger partial charge in [0.2, 0.25) is 5.88 Å². The SMILES string of the molecule is COc1ccc(C(CC(=O)Oc2cnc[nH]2)n2ccnc2)cc1. The predicted molar refractivity (Wildman–Crippen MR) is 82.2 cm³/mol. The van der Waals surface area contributed by atoms with Crippen molar-refractivity contribution in [2.75, 3.05) is 7.11 Å². The maximum Gasteiger partial charge on any atom is 0.314 e. The summed E-state index contributed by atoms with van der Waals surface area (Å²) >= 11 is 0. The summed E-state index contributed by atoms with van der Waals surface area (Å²) in [4.78, 5) is 22.8. The van der Waals surface area contributed by atoms with Crippen molar-refractivity contribution < 1.29 is 14.3 Å². The molecule has 0 saturated heterocycles. The average molecular weight is 312 g/mol. The van der Waals surface area contributed by atoms with E-state index in [1.165, 1.54) is 12.5 Å². The fourth-order valence-electron chi connectivity index (χ4n) is 2.30. The summed E-state index contributed by atoms with van der Waals surface area (Å²) in [6.45, 7) is 0. The monoisotopic (exact) mass is 312 g/mol. The average Bonchev–Trinajstić information content (AvgIpc) is 3.26. The molecule has 1 unspecified atom stereocenters. The minimum atomic E-state index is -0.358. The predicted octanol–water partition coefficient (Wildman–Crippen LogP) is 2.20. The van der Waals surface area contributed by atoms with Crippen molar-refractivity contribution in [1.29, 1.82) is 0 Å². The van der Waals surface area contributed by atoms with Crippen LogP contribution in [0.25, 0.3) is 0 Å². The molecule has 1 atom stereocenters. The number of hydrogen-bond acceptors (Lipinski definition) is 5. The molecule has 7 nitrogen and oxygen atoms in total. The first-order valence-electron chi connectivity index (χ1n) is 7.06. The highest BCUT2D eigenvalue weighted by Gasteiger charge is 2.19. The van der Waals surface area contributed by atoms with Crippen LogP contribution in [0.5, 0.6) is 11.6 Å². The lowest BCUT2D eigenvalue weighted by atomic mass is 10.0. The van der Waals surface area contributed by atoms with Gasteiger partial charge in [-0.05, 0) is 17.7 Å². The van der Waals surface area contributed by atoms with E-state index in [9.17, 15) is 4.79 Å². The van der Waals surface area contributed by atoms with Crippen molar-refractivity contribution in [3.05, 3.63) is 61.1 Å². The van der Waals surface area contributed by atoms with Crippen LogP contribution in [0, 0.1) is 0 Å². The van der Waals surface area contributed by atoms with Gasteiger partial charge in [0, 0.05) is 12.4 Å². The van der Waals surface area contributed by atoms with Crippen LogP contribution in [0.2, 0.25) is 0 Å². The highest BCUT2D eigenvalue weighted by molar-refractivity contribution is 5.72. The Bertz CT molecular complexity index is 736. The third-order valence-corrected chi connectivity index (χ3v) is 3.44. The molecule has 2 heterocycles. The van der Waals surface area contributed by atoms with Gasteiger partial charge in [-0.3, -0.25) is 4.79 Å². The van der Waals surface area contributed by atoms with E-state index < -0.39 is 0 Å². The van der Waals surface area contributed by atoms with Crippen LogP contribution in [-0.4, -0.2) is 32.6 Å². The van der Waals surface area contributed by atoms with Crippen LogP contribution < -0.4 is 9.47 Å². The number of nitrogens with zero attached hydrogens (tertiary/aromatic N) is 3. The lowest BCUT2D eigenvalue weighted by molar-refractivity contribution is -0.135. The summed E-state index contributed by atoms with van der Waals surface area (Å²) in [5.74, 6) is 0.732. The van der Waals surface area contributed by atoms with E-state index in [0.29, 0.717) is 5.88 Å². The van der Waals surface area contributed by atoms with Gasteiger partial charge in [-0.15, -0.1) is 0 Å². The second-order valence-corrected chi connectivity index (χ2v) is 4.89. The van der Waals surface area contributed by atoms with Gasteiger partial charge in [0.25, 0.3) is 0 Å². The molecule has 118 valence electrons. The van der Waals surface area contributed by atoms with Gasteiger partial charge in [0.1, 0.15) is 5.75 Å². The molecule has 0 aliphatic heterocycles. The first-order valence-corrected chi connectivity index (χ1v) is 7.06. The molecule has 0 amide bonds. The molecule has 1 N–H and O–H groups in total. The summed E-state index contributed by atoms with van der Waals surface area (Å²) in [5, 5.41) is 0. The molecule has 0 saturated carbocycles. The van der Waals surface area contributed by atoms with Gasteiger partial charge >= 0.3 is 5.97 Å². The first kappa shape index (κ1) is 14.8. The molecule has 0 radical (unpaired) electrons. The van der Waals surface area contributed by atoms with Crippen molar-refractivity contribution in [2.45, 2.75) is 12.5 Å². The van der Waals surface area contributed by atoms with Crippen LogP contribution in [0.15, 0.2) is 55.5 Å². The number of ether oxygens (including phenoxy) is 2. The third-order valence-electron chi connectivity index (χ3n) is 3.44. The zero-order valence-corrected chi connectivity index (χ0v) is 12.5. The molecule has 0 aliphatic carbocycles. The summed E-state index contributed by atoms with van der Waals surface area (Å²) in [5.41, 5.74) is 0.963. The fraction of sp³-hybridized carbons (Fsp3) is 0.188. The molecule has 0 aliphatic rings. The van der Waals surface area contributed by atoms with E-state index in [4.69, 9.17) is 9.47 Å². The Hall–Kier alpha value is -3.09. The molecule has 23 heavy (non-hydrogen) atoms. The number of hydrogen-bond donors (Lipinski definition) is 1. The van der Waals surface area contributed by atoms with Gasteiger partial charge in [0.15, 0.2) is 0 Å². The first-order chi connectivity index (χ1) is 11.3. The quantitative estimate of drug-likeness (QED) is 0.706. The third kappa shape index (κ3) is 3.57. The van der Waals surface area contributed by atoms with E-state index in [0.717, 1.165) is 11.3 Å². The Morgan fingerprint density at radius 3 is 2.74 bits per heavy atom. The van der Waals surface area contributed by atoms with Gasteiger partial charge in [-0.2, -0.15) is 0 Å². The molecule has 2 aromatic heterocycles. The zero-order chi connectivity index (χ0) is 16.1. The summed E-state index contributed by atoms with van der Waals surface area (Å²) < 4.78 is 12.3. The van der Waals surface area contributed by atoms with Crippen LogP contribution in [0.4, 0.5) is 0 Å². The van der Waals surface area contributed by atoms with Gasteiger partial charge in [-0.25, -0.2) is 9.97 Å². The van der Waals surface area contributed by atoms with E-state index in [2.05, 4.69) is 15.0 Å². The summed E-state index contributed by atoms with van der Waals surface area (Å²) in [6.07, 6.45) is 8.26. The van der Waals surface area contributed by atoms with E-state index in [1.807, 2.05) is 35.0 Å². The number of H-pyrrole nitrogens is 1. The number of carbonyl (C=O) groups excluding carboxylic acids is 1. The Labute approximate surface area is 132 Å². The van der Waals surface area contributed by atoms with E-state index in [-0.39, 0.29) is 18.4 Å². The van der Waals surface area contributed by atoms with E-state index in [1.54, 1.807) is 19.6 Å². The summed E-state index contributed by atoms with van der Waals surface area (Å²) in [6, 6.07) is 7.36. The Morgan fingerprint density at radius 2 is 2.13 bits per heavy atom. The highest BCUT2D eigenvalue weighted by atomic mass is 16.5. The van der Waals surface area contributed by atoms with Crippen LogP contribution in [0.3, 0.4) is 0 Å². The Morgan fingerprint density at radius 1 is 1.30 bits per heavy atom. The maximum atomic E-state index is 12.2. The van der Waals surface area contributed by atoms with Crippen molar-refractivity contribution in [3.63, 3.8) is 0 Å². The molecule has 7 heteroatoms. The zero-order valence-electron chi connectivity index (χ0n) is 12.5. The maximum absolute atomic E-state index is 12.2. The molecule has 1 aromatic carbocycles. The topological polar surface area (TPSA) is 82.0 Å². The number of methoxy groups -OCH3 is 1. The Balaban J connectivity index is 1.79. The van der Waals surface area contributed by atoms with Crippen molar-refractivity contribution in [2.24, 2.45) is 0 Å². The fourth-order valence-corrected chi connectivity index (χ4v) is 2.30. The number of carbonyl (C=O) groups is 1. The van der Waals surface area contributed by atoms with Gasteiger partial charge in [0.05, 0.1) is 38.4 Å². The van der Waals surface area contributed by atoms with Crippen LogP contribution in [0.1, 0.15) is 18.0 Å². The lowest BCUT2D eigenvalue weighted by Gasteiger charge is -2.18. The molecule has 3 rings (SSSR count). The second-order valence-electron chi connectivity index (χ2n) is 4.89. The van der Waals surface area contributed by atoms with Gasteiger partial charge < -0.3 is 19.0 Å². The van der Waals surface area contributed by atoms with E-state index >= 15 is 0 Å². The molecule has 0 spiro atoms. The molecule has 3 aromatic rings. The van der Waals surface area contributed by atoms with Crippen molar-refractivity contribution >= 4 is 5.97 Å². The second kappa shape index (κ2) is 6.78. The lowest BCUT2D eigenvalue weighted by Crippen LogP contribution is -2.18. The minimum absolute atomic E-state index is 0.168. The Kier molecular flexibility index (Phi) is 4.37. The number of imidazole rings is 2. The molecule has 0 bridgehead atoms. The number of aromatic amines is 1. The van der Waals surface area contributed by atoms with Crippen LogP contribution >= 0.6 is 0 Å². The number of nitrogens with one attached hydrogen (secondary N) is 1. The standard InChI is InChI=1S/C16H16N4O3/c1-22-13-4-2-12(3-5-13)14(20-7-6-17-11-20)8-16(21)23-15-9-18-10-19-15/h2-7,9-11,14H,8H2,1H3,(H,18,19). The largest absolute Gasteiger partial charge is 0.497 e. The smallest absolute Gasteiger partial charge is 0.314 e. The number of rotatable bonds is 6. The number of esters is 1. The van der Waals surface area contributed by atoms with Crippen molar-refractivity contribution in [3.8, 4) is 11.6 Å². The summed E-state index contributed by atoms with van der Waals surface area (Å²) in [7, 11) is 1.62.